The lowest BCUT2D eigenvalue weighted by Gasteiger charge is -2.14. The van der Waals surface area contributed by atoms with Crippen molar-refractivity contribution in [3.05, 3.63) is 70.3 Å². The second-order valence-corrected chi connectivity index (χ2v) is 7.25. The first-order valence-electron chi connectivity index (χ1n) is 8.77. The molecule has 0 saturated carbocycles. The van der Waals surface area contributed by atoms with Crippen molar-refractivity contribution in [3.63, 3.8) is 0 Å². The molecule has 1 atom stereocenters. The van der Waals surface area contributed by atoms with Gasteiger partial charge in [0.1, 0.15) is 0 Å². The molecule has 1 unspecified atom stereocenters. The van der Waals surface area contributed by atoms with Crippen LogP contribution in [0.5, 0.6) is 0 Å². The van der Waals surface area contributed by atoms with Crippen LogP contribution < -0.4 is 4.80 Å². The minimum atomic E-state index is 0.285. The minimum Gasteiger partial charge on any atom is -0.376 e. The van der Waals surface area contributed by atoms with Crippen LogP contribution in [0, 0.1) is 6.92 Å². The molecule has 1 aliphatic heterocycles. The van der Waals surface area contributed by atoms with E-state index >= 15 is 0 Å². The lowest BCUT2D eigenvalue weighted by Crippen LogP contribution is -2.24. The van der Waals surface area contributed by atoms with E-state index in [-0.39, 0.29) is 6.10 Å². The molecule has 4 heteroatoms. The van der Waals surface area contributed by atoms with Crippen LogP contribution in [0.25, 0.3) is 11.3 Å². The van der Waals surface area contributed by atoms with Gasteiger partial charge in [0.25, 0.3) is 0 Å². The van der Waals surface area contributed by atoms with Crippen molar-refractivity contribution in [1.82, 2.24) is 4.57 Å². The van der Waals surface area contributed by atoms with Crippen LogP contribution in [0.4, 0.5) is 5.69 Å². The van der Waals surface area contributed by atoms with E-state index in [4.69, 9.17) is 9.73 Å². The summed E-state index contributed by atoms with van der Waals surface area (Å²) in [6.45, 7) is 3.84. The summed E-state index contributed by atoms with van der Waals surface area (Å²) < 4.78 is 8.21. The summed E-state index contributed by atoms with van der Waals surface area (Å²) in [4.78, 5) is 5.99. The van der Waals surface area contributed by atoms with E-state index in [1.165, 1.54) is 16.8 Å². The Hall–Kier alpha value is -2.17. The molecule has 0 aliphatic carbocycles. The van der Waals surface area contributed by atoms with Gasteiger partial charge in [-0.15, -0.1) is 11.3 Å². The van der Waals surface area contributed by atoms with E-state index in [0.29, 0.717) is 0 Å². The zero-order valence-corrected chi connectivity index (χ0v) is 15.2. The van der Waals surface area contributed by atoms with Crippen molar-refractivity contribution in [2.45, 2.75) is 32.4 Å². The molecule has 3 nitrogen and oxygen atoms in total. The van der Waals surface area contributed by atoms with Gasteiger partial charge in [-0.25, -0.2) is 4.99 Å². The average molecular weight is 350 g/mol. The number of nitrogens with zero attached hydrogens (tertiary/aromatic N) is 2. The summed E-state index contributed by atoms with van der Waals surface area (Å²) >= 11 is 1.70. The quantitative estimate of drug-likeness (QED) is 0.655. The van der Waals surface area contributed by atoms with E-state index in [2.05, 4.69) is 65.4 Å². The van der Waals surface area contributed by atoms with Crippen LogP contribution >= 0.6 is 11.3 Å². The van der Waals surface area contributed by atoms with Gasteiger partial charge in [0.2, 0.25) is 0 Å². The van der Waals surface area contributed by atoms with Gasteiger partial charge in [0, 0.05) is 12.0 Å². The van der Waals surface area contributed by atoms with E-state index < -0.39 is 0 Å². The smallest absolute Gasteiger partial charge is 0.190 e. The molecule has 1 aliphatic rings. The van der Waals surface area contributed by atoms with Gasteiger partial charge >= 0.3 is 0 Å². The summed E-state index contributed by atoms with van der Waals surface area (Å²) in [7, 11) is 0. The highest BCUT2D eigenvalue weighted by atomic mass is 32.1. The number of aryl methyl sites for hydroxylation is 1. The van der Waals surface area contributed by atoms with Crippen molar-refractivity contribution in [1.29, 1.82) is 0 Å². The van der Waals surface area contributed by atoms with Crippen molar-refractivity contribution in [3.8, 4) is 11.3 Å². The Bertz CT molecular complexity index is 905. The topological polar surface area (TPSA) is 26.5 Å². The van der Waals surface area contributed by atoms with Crippen LogP contribution in [0.1, 0.15) is 18.4 Å². The molecule has 2 aromatic carbocycles. The van der Waals surface area contributed by atoms with Gasteiger partial charge in [-0.05, 0) is 37.0 Å². The SMILES string of the molecule is Cc1ccccc1N=c1scc(-c2ccccc2)n1CC1CCCO1. The van der Waals surface area contributed by atoms with E-state index in [0.717, 1.165) is 36.5 Å². The Balaban J connectivity index is 1.81. The van der Waals surface area contributed by atoms with Crippen molar-refractivity contribution in [2.75, 3.05) is 6.61 Å². The van der Waals surface area contributed by atoms with Crippen LogP contribution in [0.3, 0.4) is 0 Å². The zero-order chi connectivity index (χ0) is 17.1. The number of ether oxygens (including phenoxy) is 1. The number of hydrogen-bond donors (Lipinski definition) is 0. The summed E-state index contributed by atoms with van der Waals surface area (Å²) in [5.41, 5.74) is 4.67. The molecule has 0 radical (unpaired) electrons. The molecule has 2 heterocycles. The molecule has 0 amide bonds. The number of benzene rings is 2. The first-order valence-corrected chi connectivity index (χ1v) is 9.65. The summed E-state index contributed by atoms with van der Waals surface area (Å²) in [5, 5.41) is 2.21. The normalized spacial score (nSPS) is 18.0. The maximum atomic E-state index is 5.89. The maximum Gasteiger partial charge on any atom is 0.190 e. The van der Waals surface area contributed by atoms with E-state index in [9.17, 15) is 0 Å². The Kier molecular flexibility index (Phi) is 4.81. The van der Waals surface area contributed by atoms with Gasteiger partial charge in [-0.3, -0.25) is 0 Å². The molecule has 1 aromatic heterocycles. The van der Waals surface area contributed by atoms with E-state index in [1.54, 1.807) is 11.3 Å². The summed E-state index contributed by atoms with van der Waals surface area (Å²) in [6, 6.07) is 18.8. The van der Waals surface area contributed by atoms with Gasteiger partial charge in [0.15, 0.2) is 4.80 Å². The molecule has 128 valence electrons. The van der Waals surface area contributed by atoms with E-state index in [1.807, 2.05) is 6.07 Å². The fourth-order valence-corrected chi connectivity index (χ4v) is 4.15. The molecule has 0 spiro atoms. The zero-order valence-electron chi connectivity index (χ0n) is 14.4. The molecule has 1 saturated heterocycles. The second kappa shape index (κ2) is 7.38. The monoisotopic (exact) mass is 350 g/mol. The van der Waals surface area contributed by atoms with Crippen LogP contribution in [0.2, 0.25) is 0 Å². The third kappa shape index (κ3) is 3.60. The number of aromatic nitrogens is 1. The highest BCUT2D eigenvalue weighted by molar-refractivity contribution is 7.07. The van der Waals surface area contributed by atoms with Crippen molar-refractivity contribution in [2.24, 2.45) is 4.99 Å². The predicted molar refractivity (Wildman–Crippen MR) is 103 cm³/mol. The van der Waals surface area contributed by atoms with Crippen molar-refractivity contribution < 1.29 is 4.74 Å². The molecular formula is C21H22N2OS. The fourth-order valence-electron chi connectivity index (χ4n) is 3.22. The second-order valence-electron chi connectivity index (χ2n) is 6.41. The van der Waals surface area contributed by atoms with Gasteiger partial charge < -0.3 is 9.30 Å². The molecule has 0 bridgehead atoms. The van der Waals surface area contributed by atoms with Crippen molar-refractivity contribution >= 4 is 17.0 Å². The lowest BCUT2D eigenvalue weighted by atomic mass is 10.1. The standard InChI is InChI=1S/C21H22N2OS/c1-16-8-5-6-12-19(16)22-21-23(14-18-11-7-13-24-18)20(15-25-21)17-9-3-2-4-10-17/h2-6,8-10,12,15,18H,7,11,13-14H2,1H3. The average Bonchev–Trinajstić information content (AvgIpc) is 3.29. The number of thiazole rings is 1. The predicted octanol–water partition coefficient (Wildman–Crippen LogP) is 4.94. The third-order valence-electron chi connectivity index (χ3n) is 4.61. The number of hydrogen-bond acceptors (Lipinski definition) is 3. The summed E-state index contributed by atoms with van der Waals surface area (Å²) in [5.74, 6) is 0. The highest BCUT2D eigenvalue weighted by Crippen LogP contribution is 2.24. The molecule has 1 fully saturated rings. The maximum absolute atomic E-state index is 5.89. The first kappa shape index (κ1) is 16.3. The van der Waals surface area contributed by atoms with Gasteiger partial charge in [-0.2, -0.15) is 0 Å². The molecule has 3 aromatic rings. The number of rotatable bonds is 4. The largest absolute Gasteiger partial charge is 0.376 e. The Morgan fingerprint density at radius 3 is 2.68 bits per heavy atom. The van der Waals surface area contributed by atoms with Crippen LogP contribution in [0.15, 0.2) is 65.0 Å². The van der Waals surface area contributed by atoms with Gasteiger partial charge in [0.05, 0.1) is 24.0 Å². The molecule has 25 heavy (non-hydrogen) atoms. The third-order valence-corrected chi connectivity index (χ3v) is 5.47. The number of para-hydroxylation sites is 1. The summed E-state index contributed by atoms with van der Waals surface area (Å²) in [6.07, 6.45) is 2.56. The Morgan fingerprint density at radius 1 is 1.12 bits per heavy atom. The van der Waals surface area contributed by atoms with Gasteiger partial charge in [-0.1, -0.05) is 48.5 Å². The minimum absolute atomic E-state index is 0.285. The van der Waals surface area contributed by atoms with Crippen LogP contribution in [-0.2, 0) is 11.3 Å². The fraction of sp³-hybridized carbons (Fsp3) is 0.286. The first-order chi connectivity index (χ1) is 12.3. The molecular weight excluding hydrogens is 328 g/mol. The highest BCUT2D eigenvalue weighted by Gasteiger charge is 2.19. The lowest BCUT2D eigenvalue weighted by molar-refractivity contribution is 0.0968. The molecule has 0 N–H and O–H groups in total. The Morgan fingerprint density at radius 2 is 1.92 bits per heavy atom. The van der Waals surface area contributed by atoms with Crippen LogP contribution in [-0.4, -0.2) is 17.3 Å². The molecule has 4 rings (SSSR count). The Labute approximate surface area is 152 Å².